The Hall–Kier alpha value is -1.85. The predicted octanol–water partition coefficient (Wildman–Crippen LogP) is 3.25. The van der Waals surface area contributed by atoms with Crippen molar-refractivity contribution < 1.29 is 4.74 Å². The van der Waals surface area contributed by atoms with Crippen molar-refractivity contribution in [2.24, 2.45) is 5.92 Å². The fourth-order valence-electron chi connectivity index (χ4n) is 4.42. The molecule has 0 atom stereocenters. The van der Waals surface area contributed by atoms with Crippen LogP contribution in [0.5, 0.6) is 0 Å². The molecular weight excluding hydrogens is 338 g/mol. The number of benzene rings is 1. The van der Waals surface area contributed by atoms with Crippen LogP contribution in [0.3, 0.4) is 0 Å². The Morgan fingerprint density at radius 2 is 1.81 bits per heavy atom. The maximum absolute atomic E-state index is 12.0. The van der Waals surface area contributed by atoms with Crippen LogP contribution in [0, 0.1) is 5.92 Å². The van der Waals surface area contributed by atoms with E-state index in [0.717, 1.165) is 62.3 Å². The molecule has 1 aromatic carbocycles. The van der Waals surface area contributed by atoms with Crippen molar-refractivity contribution >= 4 is 16.6 Å². The fraction of sp³-hybridized carbons (Fsp3) is 0.591. The number of piperidine rings is 2. The number of aromatic amines is 1. The zero-order valence-electron chi connectivity index (χ0n) is 16.2. The first-order valence-electron chi connectivity index (χ1n) is 10.5. The van der Waals surface area contributed by atoms with E-state index in [-0.39, 0.29) is 5.56 Å². The Labute approximate surface area is 161 Å². The van der Waals surface area contributed by atoms with Crippen molar-refractivity contribution in [3.05, 3.63) is 40.7 Å². The summed E-state index contributed by atoms with van der Waals surface area (Å²) >= 11 is 0. The van der Waals surface area contributed by atoms with Crippen LogP contribution < -0.4 is 10.5 Å². The summed E-state index contributed by atoms with van der Waals surface area (Å²) < 4.78 is 5.99. The molecule has 3 heterocycles. The van der Waals surface area contributed by atoms with Crippen LogP contribution in [-0.4, -0.2) is 55.8 Å². The molecule has 1 N–H and O–H groups in total. The van der Waals surface area contributed by atoms with Gasteiger partial charge in [-0.2, -0.15) is 0 Å². The lowest BCUT2D eigenvalue weighted by Gasteiger charge is -2.34. The van der Waals surface area contributed by atoms with E-state index in [0.29, 0.717) is 5.92 Å². The molecule has 146 valence electrons. The van der Waals surface area contributed by atoms with Crippen LogP contribution in [0.15, 0.2) is 35.1 Å². The molecule has 0 aliphatic carbocycles. The van der Waals surface area contributed by atoms with E-state index in [1.165, 1.54) is 32.4 Å². The predicted molar refractivity (Wildman–Crippen MR) is 111 cm³/mol. The van der Waals surface area contributed by atoms with Gasteiger partial charge in [0.25, 0.3) is 0 Å². The van der Waals surface area contributed by atoms with E-state index in [2.05, 4.69) is 20.9 Å². The summed E-state index contributed by atoms with van der Waals surface area (Å²) in [7, 11) is 0. The summed E-state index contributed by atoms with van der Waals surface area (Å²) in [5, 5.41) is 1.13. The van der Waals surface area contributed by atoms with E-state index in [1.807, 2.05) is 18.2 Å². The molecule has 0 unspecified atom stereocenters. The molecule has 4 rings (SSSR count). The highest BCUT2D eigenvalue weighted by molar-refractivity contribution is 5.91. The normalized spacial score (nSPS) is 19.6. The van der Waals surface area contributed by atoms with Crippen molar-refractivity contribution in [2.75, 3.05) is 50.8 Å². The molecule has 0 bridgehead atoms. The summed E-state index contributed by atoms with van der Waals surface area (Å²) in [5.41, 5.74) is 1.97. The van der Waals surface area contributed by atoms with Gasteiger partial charge < -0.3 is 19.5 Å². The largest absolute Gasteiger partial charge is 0.380 e. The average Bonchev–Trinajstić information content (AvgIpc) is 2.72. The summed E-state index contributed by atoms with van der Waals surface area (Å²) in [5.74, 6) is 0.635. The smallest absolute Gasteiger partial charge is 0.250 e. The number of para-hydroxylation sites is 1. The second-order valence-electron chi connectivity index (χ2n) is 7.97. The van der Waals surface area contributed by atoms with Gasteiger partial charge in [-0.3, -0.25) is 4.79 Å². The van der Waals surface area contributed by atoms with Crippen molar-refractivity contribution in [2.45, 2.75) is 32.1 Å². The van der Waals surface area contributed by atoms with Crippen LogP contribution >= 0.6 is 0 Å². The maximum atomic E-state index is 12.0. The molecule has 0 radical (unpaired) electrons. The van der Waals surface area contributed by atoms with Gasteiger partial charge in [-0.15, -0.1) is 0 Å². The number of rotatable bonds is 6. The monoisotopic (exact) mass is 369 g/mol. The first-order chi connectivity index (χ1) is 13.3. The Kier molecular flexibility index (Phi) is 6.10. The number of hydrogen-bond acceptors (Lipinski definition) is 4. The van der Waals surface area contributed by atoms with Gasteiger partial charge in [-0.1, -0.05) is 24.6 Å². The number of fused-ring (bicyclic) bond motifs is 1. The van der Waals surface area contributed by atoms with Crippen molar-refractivity contribution in [1.82, 2.24) is 9.88 Å². The molecule has 0 amide bonds. The first kappa shape index (κ1) is 18.5. The van der Waals surface area contributed by atoms with E-state index in [9.17, 15) is 4.79 Å². The lowest BCUT2D eigenvalue weighted by molar-refractivity contribution is 0.0665. The van der Waals surface area contributed by atoms with Gasteiger partial charge in [-0.25, -0.2) is 0 Å². The number of nitrogens with zero attached hydrogens (tertiary/aromatic N) is 2. The molecule has 2 fully saturated rings. The van der Waals surface area contributed by atoms with E-state index < -0.39 is 0 Å². The zero-order valence-corrected chi connectivity index (χ0v) is 16.2. The Bertz CT molecular complexity index is 789. The van der Waals surface area contributed by atoms with Gasteiger partial charge in [0, 0.05) is 37.7 Å². The van der Waals surface area contributed by atoms with E-state index in [4.69, 9.17) is 4.74 Å². The lowest BCUT2D eigenvalue weighted by Crippen LogP contribution is -2.36. The highest BCUT2D eigenvalue weighted by atomic mass is 16.5. The van der Waals surface area contributed by atoms with Crippen molar-refractivity contribution in [1.29, 1.82) is 0 Å². The number of anilines is 1. The molecule has 2 aliphatic heterocycles. The number of nitrogens with one attached hydrogen (secondary N) is 1. The van der Waals surface area contributed by atoms with Gasteiger partial charge in [-0.05, 0) is 50.8 Å². The third kappa shape index (κ3) is 4.71. The standard InChI is InChI=1S/C22H31N3O2/c26-22-16-21(19-6-2-3-7-20(19)23-22)25-12-8-18(9-13-25)17-27-15-14-24-10-4-1-5-11-24/h2-3,6-7,16,18H,1,4-5,8-15,17H2,(H,23,26). The summed E-state index contributed by atoms with van der Waals surface area (Å²) in [6.07, 6.45) is 6.33. The number of pyridine rings is 1. The first-order valence-corrected chi connectivity index (χ1v) is 10.5. The third-order valence-corrected chi connectivity index (χ3v) is 6.04. The molecule has 1 aromatic heterocycles. The molecule has 0 saturated carbocycles. The van der Waals surface area contributed by atoms with Crippen LogP contribution in [0.1, 0.15) is 32.1 Å². The summed E-state index contributed by atoms with van der Waals surface area (Å²) in [6.45, 7) is 7.29. The average molecular weight is 370 g/mol. The lowest BCUT2D eigenvalue weighted by atomic mass is 9.97. The number of ether oxygens (including phenoxy) is 1. The number of likely N-dealkylation sites (tertiary alicyclic amines) is 1. The Morgan fingerprint density at radius 1 is 1.04 bits per heavy atom. The highest BCUT2D eigenvalue weighted by Gasteiger charge is 2.21. The van der Waals surface area contributed by atoms with Crippen LogP contribution in [-0.2, 0) is 4.74 Å². The molecule has 2 saturated heterocycles. The van der Waals surface area contributed by atoms with Gasteiger partial charge in [0.2, 0.25) is 5.56 Å². The van der Waals surface area contributed by atoms with E-state index in [1.54, 1.807) is 6.07 Å². The summed E-state index contributed by atoms with van der Waals surface area (Å²) in [6, 6.07) is 9.82. The molecule has 2 aromatic rings. The molecule has 27 heavy (non-hydrogen) atoms. The van der Waals surface area contributed by atoms with Gasteiger partial charge >= 0.3 is 0 Å². The summed E-state index contributed by atoms with van der Waals surface area (Å²) in [4.78, 5) is 19.8. The van der Waals surface area contributed by atoms with Crippen LogP contribution in [0.2, 0.25) is 0 Å². The Morgan fingerprint density at radius 3 is 2.63 bits per heavy atom. The van der Waals surface area contributed by atoms with Crippen LogP contribution in [0.25, 0.3) is 10.9 Å². The van der Waals surface area contributed by atoms with Gasteiger partial charge in [0.1, 0.15) is 0 Å². The molecule has 0 spiro atoms. The zero-order chi connectivity index (χ0) is 18.5. The van der Waals surface area contributed by atoms with Crippen molar-refractivity contribution in [3.8, 4) is 0 Å². The molecule has 5 nitrogen and oxygen atoms in total. The number of aromatic nitrogens is 1. The second kappa shape index (κ2) is 8.89. The molecule has 2 aliphatic rings. The van der Waals surface area contributed by atoms with E-state index >= 15 is 0 Å². The minimum Gasteiger partial charge on any atom is -0.380 e. The minimum atomic E-state index is -0.0214. The second-order valence-corrected chi connectivity index (χ2v) is 7.97. The molecule has 5 heteroatoms. The topological polar surface area (TPSA) is 48.6 Å². The number of H-pyrrole nitrogens is 1. The van der Waals surface area contributed by atoms with Gasteiger partial charge in [0.05, 0.1) is 17.8 Å². The quantitative estimate of drug-likeness (QED) is 0.794. The SMILES string of the molecule is O=c1cc(N2CCC(COCCN3CCCCC3)CC2)c2ccccc2[nH]1. The third-order valence-electron chi connectivity index (χ3n) is 6.04. The Balaban J connectivity index is 1.26. The minimum absolute atomic E-state index is 0.0214. The fourth-order valence-corrected chi connectivity index (χ4v) is 4.42. The maximum Gasteiger partial charge on any atom is 0.250 e. The number of hydrogen-bond donors (Lipinski definition) is 1. The molecular formula is C22H31N3O2. The van der Waals surface area contributed by atoms with Gasteiger partial charge in [0.15, 0.2) is 0 Å². The van der Waals surface area contributed by atoms with Crippen LogP contribution in [0.4, 0.5) is 5.69 Å². The highest BCUT2D eigenvalue weighted by Crippen LogP contribution is 2.28. The van der Waals surface area contributed by atoms with Crippen molar-refractivity contribution in [3.63, 3.8) is 0 Å².